The molecule has 3 N–H and O–H groups in total. The number of thioether (sulfide) groups is 1. The van der Waals surface area contributed by atoms with Crippen molar-refractivity contribution < 1.29 is 24.4 Å². The Hall–Kier alpha value is -1.90. The number of ether oxygens (including phenoxy) is 1. The number of carbonyl (C=O) groups is 3. The molecule has 0 aliphatic carbocycles. The molecule has 4 atom stereocenters. The zero-order valence-electron chi connectivity index (χ0n) is 16.1. The fourth-order valence-corrected chi connectivity index (χ4v) is 5.59. The third-order valence-electron chi connectivity index (χ3n) is 6.25. The average Bonchev–Trinajstić information content (AvgIpc) is 3.27. The zero-order valence-corrected chi connectivity index (χ0v) is 17.0. The van der Waals surface area contributed by atoms with E-state index in [1.165, 1.54) is 4.90 Å². The molecule has 1 spiro atoms. The molecule has 1 aromatic carbocycles. The number of methoxy groups -OCH3 is 1. The summed E-state index contributed by atoms with van der Waals surface area (Å²) in [5, 5.41) is 4.95. The van der Waals surface area contributed by atoms with Crippen molar-refractivity contribution in [3.8, 4) is 0 Å². The summed E-state index contributed by atoms with van der Waals surface area (Å²) in [6.45, 7) is 0.829. The van der Waals surface area contributed by atoms with Gasteiger partial charge in [0.2, 0.25) is 17.4 Å². The maximum Gasteiger partial charge on any atom is 0.291 e. The maximum atomic E-state index is 13.4. The second-order valence-electron chi connectivity index (χ2n) is 7.66. The van der Waals surface area contributed by atoms with Gasteiger partial charge in [-0.1, -0.05) is 18.2 Å². The first-order valence-corrected chi connectivity index (χ1v) is 11.1. The number of imide groups is 1. The van der Waals surface area contributed by atoms with Crippen LogP contribution in [-0.4, -0.2) is 60.9 Å². The van der Waals surface area contributed by atoms with E-state index in [4.69, 9.17) is 4.74 Å². The first kappa shape index (κ1) is 19.4. The monoisotopic (exact) mass is 404 g/mol. The number of nitrogens with zero attached hydrogens (tertiary/aromatic N) is 1. The minimum Gasteiger partial charge on any atom is -0.385 e. The van der Waals surface area contributed by atoms with Gasteiger partial charge in [0.25, 0.3) is 5.91 Å². The molecule has 0 saturated carbocycles. The van der Waals surface area contributed by atoms with Gasteiger partial charge in [0.1, 0.15) is 17.9 Å². The minimum atomic E-state index is -1.05. The molecule has 3 heterocycles. The summed E-state index contributed by atoms with van der Waals surface area (Å²) in [5.41, 5.74) is 0.514. The number of carbonyl (C=O) groups excluding carboxylic acids is 3. The molecular weight excluding hydrogens is 378 g/mol. The van der Waals surface area contributed by atoms with Gasteiger partial charge < -0.3 is 15.4 Å². The summed E-state index contributed by atoms with van der Waals surface area (Å²) in [4.78, 5) is 41.2. The number of hydrogen-bond acceptors (Lipinski definition) is 5. The highest BCUT2D eigenvalue weighted by molar-refractivity contribution is 7.98. The predicted molar refractivity (Wildman–Crippen MR) is 106 cm³/mol. The molecular formula is C20H26N3O4S+. The molecule has 1 aromatic rings. The molecule has 0 unspecified atom stereocenters. The smallest absolute Gasteiger partial charge is 0.291 e. The Kier molecular flexibility index (Phi) is 5.20. The van der Waals surface area contributed by atoms with Crippen molar-refractivity contribution in [2.45, 2.75) is 24.4 Å². The Morgan fingerprint density at radius 3 is 2.79 bits per heavy atom. The van der Waals surface area contributed by atoms with Crippen molar-refractivity contribution >= 4 is 35.2 Å². The van der Waals surface area contributed by atoms with Gasteiger partial charge >= 0.3 is 0 Å². The number of hydrogen-bond donors (Lipinski definition) is 2. The third kappa shape index (κ3) is 2.69. The number of nitrogens with one attached hydrogen (secondary N) is 1. The Morgan fingerprint density at radius 2 is 2.04 bits per heavy atom. The lowest BCUT2D eigenvalue weighted by Crippen LogP contribution is -2.99. The number of fused-ring (bicyclic) bond motifs is 4. The summed E-state index contributed by atoms with van der Waals surface area (Å²) < 4.78 is 5.07. The van der Waals surface area contributed by atoms with Crippen molar-refractivity contribution in [3.05, 3.63) is 29.8 Å². The van der Waals surface area contributed by atoms with Crippen LogP contribution < -0.4 is 10.6 Å². The highest BCUT2D eigenvalue weighted by atomic mass is 32.2. The van der Waals surface area contributed by atoms with Gasteiger partial charge in [-0.15, -0.1) is 0 Å². The standard InChI is InChI=1S/C20H25N3O4S/c1-27-10-5-9-23-17(24)15-14(8-11-28-2)22-20(16(15)18(23)25)12-6-3-4-7-13(12)21-19(20)26/h3-4,6-7,14-16,22H,5,8-11H2,1-2H3,(H,21,26)/p+1/t14-,15-,16+,20-/m1/s1. The van der Waals surface area contributed by atoms with Crippen LogP contribution in [0.15, 0.2) is 24.3 Å². The van der Waals surface area contributed by atoms with Gasteiger partial charge in [-0.05, 0) is 24.5 Å². The van der Waals surface area contributed by atoms with E-state index in [-0.39, 0.29) is 23.8 Å². The van der Waals surface area contributed by atoms with Crippen molar-refractivity contribution in [1.82, 2.24) is 4.90 Å². The summed E-state index contributed by atoms with van der Waals surface area (Å²) >= 11 is 1.71. The lowest BCUT2D eigenvalue weighted by Gasteiger charge is -2.26. The SMILES string of the molecule is COCCCN1C(=O)[C@H]2[C@@H](C1=O)[C@@]1([NH2+][C@@H]2CCSC)C(=O)Nc2ccccc21. The summed E-state index contributed by atoms with van der Waals surface area (Å²) in [7, 11) is 1.60. The zero-order chi connectivity index (χ0) is 19.9. The van der Waals surface area contributed by atoms with E-state index in [2.05, 4.69) is 5.32 Å². The Labute approximate surface area is 168 Å². The Bertz CT molecular complexity index is 816. The number of likely N-dealkylation sites (tertiary alicyclic amines) is 1. The van der Waals surface area contributed by atoms with E-state index in [0.717, 1.165) is 23.4 Å². The Balaban J connectivity index is 1.75. The molecule has 7 nitrogen and oxygen atoms in total. The molecule has 3 amide bonds. The highest BCUT2D eigenvalue weighted by Crippen LogP contribution is 2.49. The van der Waals surface area contributed by atoms with Crippen LogP contribution in [0.25, 0.3) is 0 Å². The van der Waals surface area contributed by atoms with Crippen molar-refractivity contribution in [2.75, 3.05) is 37.6 Å². The molecule has 0 bridgehead atoms. The molecule has 4 rings (SSSR count). The molecule has 8 heteroatoms. The summed E-state index contributed by atoms with van der Waals surface area (Å²) in [5.74, 6) is -0.773. The number of para-hydroxylation sites is 1. The highest BCUT2D eigenvalue weighted by Gasteiger charge is 2.73. The lowest BCUT2D eigenvalue weighted by atomic mass is 9.76. The summed E-state index contributed by atoms with van der Waals surface area (Å²) in [6, 6.07) is 7.43. The van der Waals surface area contributed by atoms with Crippen LogP contribution >= 0.6 is 11.8 Å². The van der Waals surface area contributed by atoms with E-state index in [1.807, 2.05) is 35.8 Å². The maximum absolute atomic E-state index is 13.4. The molecule has 3 aliphatic heterocycles. The van der Waals surface area contributed by atoms with Gasteiger partial charge in [0.05, 0.1) is 5.69 Å². The van der Waals surface area contributed by atoms with E-state index < -0.39 is 17.4 Å². The predicted octanol–water partition coefficient (Wildman–Crippen LogP) is 0.170. The van der Waals surface area contributed by atoms with Crippen LogP contribution in [-0.2, 0) is 24.7 Å². The van der Waals surface area contributed by atoms with Gasteiger partial charge in [0.15, 0.2) is 0 Å². The lowest BCUT2D eigenvalue weighted by molar-refractivity contribution is -0.733. The molecule has 2 fully saturated rings. The van der Waals surface area contributed by atoms with Crippen LogP contribution in [0.5, 0.6) is 0 Å². The van der Waals surface area contributed by atoms with Crippen LogP contribution in [0.1, 0.15) is 18.4 Å². The van der Waals surface area contributed by atoms with Gasteiger partial charge in [-0.25, -0.2) is 0 Å². The number of nitrogens with two attached hydrogens (primary N) is 1. The molecule has 28 heavy (non-hydrogen) atoms. The fraction of sp³-hybridized carbons (Fsp3) is 0.550. The first-order chi connectivity index (χ1) is 13.6. The molecule has 0 aromatic heterocycles. The van der Waals surface area contributed by atoms with Crippen molar-refractivity contribution in [3.63, 3.8) is 0 Å². The quantitative estimate of drug-likeness (QED) is 0.499. The van der Waals surface area contributed by atoms with Crippen LogP contribution in [0.3, 0.4) is 0 Å². The molecule has 0 radical (unpaired) electrons. The van der Waals surface area contributed by atoms with E-state index in [1.54, 1.807) is 18.9 Å². The topological polar surface area (TPSA) is 92.3 Å². The number of benzene rings is 1. The number of anilines is 1. The fourth-order valence-electron chi connectivity index (χ4n) is 5.09. The number of rotatable bonds is 7. The normalized spacial score (nSPS) is 30.9. The van der Waals surface area contributed by atoms with Crippen molar-refractivity contribution in [2.24, 2.45) is 11.8 Å². The molecule has 150 valence electrons. The molecule has 3 aliphatic rings. The largest absolute Gasteiger partial charge is 0.385 e. The average molecular weight is 405 g/mol. The van der Waals surface area contributed by atoms with Gasteiger partial charge in [-0.3, -0.25) is 19.3 Å². The van der Waals surface area contributed by atoms with Crippen molar-refractivity contribution in [1.29, 1.82) is 0 Å². The molecule has 2 saturated heterocycles. The third-order valence-corrected chi connectivity index (χ3v) is 6.90. The second kappa shape index (κ2) is 7.50. The van der Waals surface area contributed by atoms with Gasteiger partial charge in [0, 0.05) is 32.2 Å². The van der Waals surface area contributed by atoms with E-state index in [9.17, 15) is 14.4 Å². The first-order valence-electron chi connectivity index (χ1n) is 9.66. The number of quaternary nitrogens is 1. The van der Waals surface area contributed by atoms with Crippen LogP contribution in [0, 0.1) is 11.8 Å². The van der Waals surface area contributed by atoms with Gasteiger partial charge in [-0.2, -0.15) is 11.8 Å². The van der Waals surface area contributed by atoms with E-state index >= 15 is 0 Å². The summed E-state index contributed by atoms with van der Waals surface area (Å²) in [6.07, 6.45) is 3.41. The van der Waals surface area contributed by atoms with Crippen LogP contribution in [0.4, 0.5) is 5.69 Å². The Morgan fingerprint density at radius 1 is 1.25 bits per heavy atom. The van der Waals surface area contributed by atoms with Crippen LogP contribution in [0.2, 0.25) is 0 Å². The second-order valence-corrected chi connectivity index (χ2v) is 8.64. The minimum absolute atomic E-state index is 0.0850. The van der Waals surface area contributed by atoms with E-state index in [0.29, 0.717) is 19.6 Å². The number of amides is 3.